The van der Waals surface area contributed by atoms with Crippen LogP contribution in [0.2, 0.25) is 5.02 Å². The van der Waals surface area contributed by atoms with E-state index in [9.17, 15) is 9.59 Å². The van der Waals surface area contributed by atoms with Crippen molar-refractivity contribution in [2.45, 2.75) is 33.6 Å². The second-order valence-corrected chi connectivity index (χ2v) is 8.29. The van der Waals surface area contributed by atoms with Crippen LogP contribution in [-0.4, -0.2) is 29.9 Å². The Morgan fingerprint density at radius 2 is 1.69 bits per heavy atom. The summed E-state index contributed by atoms with van der Waals surface area (Å²) in [6.07, 6.45) is 1.63. The molecule has 1 unspecified atom stereocenters. The van der Waals surface area contributed by atoms with Gasteiger partial charge in [-0.2, -0.15) is 0 Å². The van der Waals surface area contributed by atoms with Crippen molar-refractivity contribution >= 4 is 34.9 Å². The molecule has 1 aliphatic heterocycles. The van der Waals surface area contributed by atoms with Gasteiger partial charge in [0.05, 0.1) is 0 Å². The number of nitrogens with one attached hydrogen (secondary N) is 2. The SMILES string of the molecule is Cc1ccc(NC(=O)C(C)C2CCN(C(=O)Nc3ccc(Cl)cc3)CC2)c(C)c1. The standard InChI is InChI=1S/C23H28ClN3O2/c1-15-4-9-21(16(2)14-15)26-22(28)17(3)18-10-12-27(13-11-18)23(29)25-20-7-5-19(24)6-8-20/h4-9,14,17-18H,10-13H2,1-3H3,(H,25,29)(H,26,28). The minimum atomic E-state index is -0.113. The maximum Gasteiger partial charge on any atom is 0.321 e. The van der Waals surface area contributed by atoms with Crippen LogP contribution in [0.3, 0.4) is 0 Å². The van der Waals surface area contributed by atoms with Gasteiger partial charge in [-0.1, -0.05) is 36.2 Å². The van der Waals surface area contributed by atoms with Crippen molar-refractivity contribution in [3.05, 3.63) is 58.6 Å². The molecule has 0 spiro atoms. The van der Waals surface area contributed by atoms with Crippen molar-refractivity contribution in [3.63, 3.8) is 0 Å². The summed E-state index contributed by atoms with van der Waals surface area (Å²) in [7, 11) is 0. The zero-order valence-electron chi connectivity index (χ0n) is 17.2. The molecule has 1 aliphatic rings. The predicted octanol–water partition coefficient (Wildman–Crippen LogP) is 5.48. The molecule has 0 aromatic heterocycles. The van der Waals surface area contributed by atoms with Crippen LogP contribution >= 0.6 is 11.6 Å². The average molecular weight is 414 g/mol. The number of urea groups is 1. The Morgan fingerprint density at radius 1 is 1.03 bits per heavy atom. The number of carbonyl (C=O) groups excluding carboxylic acids is 2. The number of nitrogens with zero attached hydrogens (tertiary/aromatic N) is 1. The molecule has 0 saturated carbocycles. The van der Waals surface area contributed by atoms with Crippen molar-refractivity contribution in [3.8, 4) is 0 Å². The molecule has 2 N–H and O–H groups in total. The van der Waals surface area contributed by atoms with Gasteiger partial charge in [0.2, 0.25) is 5.91 Å². The van der Waals surface area contributed by atoms with Crippen LogP contribution in [-0.2, 0) is 4.79 Å². The van der Waals surface area contributed by atoms with Gasteiger partial charge in [-0.3, -0.25) is 4.79 Å². The zero-order chi connectivity index (χ0) is 21.0. The molecule has 6 heteroatoms. The number of halogens is 1. The van der Waals surface area contributed by atoms with E-state index in [0.717, 1.165) is 29.8 Å². The molecule has 3 amide bonds. The molecule has 2 aromatic rings. The topological polar surface area (TPSA) is 61.4 Å². The van der Waals surface area contributed by atoms with E-state index in [4.69, 9.17) is 11.6 Å². The number of carbonyl (C=O) groups is 2. The molecule has 0 aliphatic carbocycles. The number of benzene rings is 2. The highest BCUT2D eigenvalue weighted by Crippen LogP contribution is 2.27. The molecular weight excluding hydrogens is 386 g/mol. The second kappa shape index (κ2) is 9.31. The summed E-state index contributed by atoms with van der Waals surface area (Å²) in [4.78, 5) is 27.0. The van der Waals surface area contributed by atoms with E-state index in [1.807, 2.05) is 32.9 Å². The highest BCUT2D eigenvalue weighted by Gasteiger charge is 2.30. The van der Waals surface area contributed by atoms with Crippen molar-refractivity contribution in [1.29, 1.82) is 0 Å². The van der Waals surface area contributed by atoms with E-state index in [1.165, 1.54) is 5.56 Å². The third-order valence-electron chi connectivity index (χ3n) is 5.68. The molecule has 1 saturated heterocycles. The molecule has 5 nitrogen and oxygen atoms in total. The normalized spacial score (nSPS) is 15.7. The Balaban J connectivity index is 1.50. The van der Waals surface area contributed by atoms with Crippen molar-refractivity contribution in [2.24, 2.45) is 11.8 Å². The summed E-state index contributed by atoms with van der Waals surface area (Å²) in [5, 5.41) is 6.60. The molecule has 1 atom stereocenters. The number of rotatable bonds is 4. The van der Waals surface area contributed by atoms with Crippen LogP contribution in [0.1, 0.15) is 30.9 Å². The van der Waals surface area contributed by atoms with Crippen molar-refractivity contribution < 1.29 is 9.59 Å². The maximum absolute atomic E-state index is 12.7. The van der Waals surface area contributed by atoms with Crippen LogP contribution in [0.4, 0.5) is 16.2 Å². The number of anilines is 2. The summed E-state index contributed by atoms with van der Waals surface area (Å²) < 4.78 is 0. The van der Waals surface area contributed by atoms with Gasteiger partial charge in [-0.25, -0.2) is 4.79 Å². The Hall–Kier alpha value is -2.53. The Kier molecular flexibility index (Phi) is 6.80. The van der Waals surface area contributed by atoms with Crippen LogP contribution < -0.4 is 10.6 Å². The molecule has 29 heavy (non-hydrogen) atoms. The van der Waals surface area contributed by atoms with Crippen LogP contribution in [0.15, 0.2) is 42.5 Å². The quantitative estimate of drug-likeness (QED) is 0.697. The monoisotopic (exact) mass is 413 g/mol. The van der Waals surface area contributed by atoms with Crippen molar-refractivity contribution in [2.75, 3.05) is 23.7 Å². The third-order valence-corrected chi connectivity index (χ3v) is 5.93. The molecule has 154 valence electrons. The summed E-state index contributed by atoms with van der Waals surface area (Å²) in [5.74, 6) is 0.207. The molecule has 1 heterocycles. The van der Waals surface area contributed by atoms with Gasteiger partial charge in [0.25, 0.3) is 0 Å². The molecule has 0 radical (unpaired) electrons. The summed E-state index contributed by atoms with van der Waals surface area (Å²) in [6, 6.07) is 13.0. The zero-order valence-corrected chi connectivity index (χ0v) is 17.9. The minimum Gasteiger partial charge on any atom is -0.326 e. The largest absolute Gasteiger partial charge is 0.326 e. The predicted molar refractivity (Wildman–Crippen MR) is 118 cm³/mol. The van der Waals surface area contributed by atoms with Gasteiger partial charge in [-0.15, -0.1) is 0 Å². The fourth-order valence-corrected chi connectivity index (χ4v) is 3.88. The smallest absolute Gasteiger partial charge is 0.321 e. The van der Waals surface area contributed by atoms with Gasteiger partial charge in [-0.05, 0) is 68.5 Å². The van der Waals surface area contributed by atoms with Gasteiger partial charge in [0.15, 0.2) is 0 Å². The van der Waals surface area contributed by atoms with E-state index in [-0.39, 0.29) is 23.8 Å². The van der Waals surface area contributed by atoms with Gasteiger partial charge in [0.1, 0.15) is 0 Å². The van der Waals surface area contributed by atoms with Crippen LogP contribution in [0.25, 0.3) is 0 Å². The van der Waals surface area contributed by atoms with E-state index in [2.05, 4.69) is 16.7 Å². The fraction of sp³-hybridized carbons (Fsp3) is 0.391. The van der Waals surface area contributed by atoms with Crippen molar-refractivity contribution in [1.82, 2.24) is 4.90 Å². The van der Waals surface area contributed by atoms with E-state index >= 15 is 0 Å². The Labute approximate surface area is 177 Å². The maximum atomic E-state index is 12.7. The first kappa shape index (κ1) is 21.2. The lowest BCUT2D eigenvalue weighted by atomic mass is 9.85. The highest BCUT2D eigenvalue weighted by molar-refractivity contribution is 6.30. The molecule has 1 fully saturated rings. The lowest BCUT2D eigenvalue weighted by Gasteiger charge is -2.34. The molecular formula is C23H28ClN3O2. The van der Waals surface area contributed by atoms with Gasteiger partial charge >= 0.3 is 6.03 Å². The van der Waals surface area contributed by atoms with Crippen LogP contribution in [0, 0.1) is 25.7 Å². The number of amides is 3. The lowest BCUT2D eigenvalue weighted by Crippen LogP contribution is -2.43. The molecule has 3 rings (SSSR count). The van der Waals surface area contributed by atoms with Gasteiger partial charge < -0.3 is 15.5 Å². The van der Waals surface area contributed by atoms with Gasteiger partial charge in [0, 0.05) is 35.4 Å². The fourth-order valence-electron chi connectivity index (χ4n) is 3.75. The number of hydrogen-bond donors (Lipinski definition) is 2. The first-order valence-corrected chi connectivity index (χ1v) is 10.4. The third kappa shape index (κ3) is 5.51. The van der Waals surface area contributed by atoms with E-state index < -0.39 is 0 Å². The van der Waals surface area contributed by atoms with E-state index in [0.29, 0.717) is 18.1 Å². The Bertz CT molecular complexity index is 874. The summed E-state index contributed by atoms with van der Waals surface area (Å²) in [5.41, 5.74) is 3.84. The average Bonchev–Trinajstić information content (AvgIpc) is 2.71. The number of hydrogen-bond acceptors (Lipinski definition) is 2. The minimum absolute atomic E-state index is 0.0426. The number of piperidine rings is 1. The summed E-state index contributed by atoms with van der Waals surface area (Å²) >= 11 is 5.88. The van der Waals surface area contributed by atoms with Crippen LogP contribution in [0.5, 0.6) is 0 Å². The first-order valence-electron chi connectivity index (χ1n) is 10.0. The first-order chi connectivity index (χ1) is 13.8. The highest BCUT2D eigenvalue weighted by atomic mass is 35.5. The number of aryl methyl sites for hydroxylation is 2. The van der Waals surface area contributed by atoms with E-state index in [1.54, 1.807) is 29.2 Å². The molecule has 2 aromatic carbocycles. The summed E-state index contributed by atoms with van der Waals surface area (Å²) in [6.45, 7) is 7.31. The molecule has 0 bridgehead atoms. The lowest BCUT2D eigenvalue weighted by molar-refractivity contribution is -0.121. The Morgan fingerprint density at radius 3 is 2.31 bits per heavy atom. The second-order valence-electron chi connectivity index (χ2n) is 7.86. The number of likely N-dealkylation sites (tertiary alicyclic amines) is 1.